The molecule has 1 heteroatoms. The predicted molar refractivity (Wildman–Crippen MR) is 45.0 cm³/mol. The minimum atomic E-state index is -0.218. The molecule has 0 saturated carbocycles. The van der Waals surface area contributed by atoms with E-state index in [9.17, 15) is 5.11 Å². The van der Waals surface area contributed by atoms with Gasteiger partial charge in [-0.2, -0.15) is 0 Å². The van der Waals surface area contributed by atoms with E-state index in [1.165, 1.54) is 5.57 Å². The molecule has 1 unspecified atom stereocenters. The van der Waals surface area contributed by atoms with Gasteiger partial charge in [0.1, 0.15) is 0 Å². The molecule has 0 aromatic rings. The lowest BCUT2D eigenvalue weighted by Crippen LogP contribution is -2.01. The van der Waals surface area contributed by atoms with Crippen molar-refractivity contribution in [3.8, 4) is 0 Å². The third-order valence-corrected chi connectivity index (χ3v) is 1.62. The van der Waals surface area contributed by atoms with Crippen molar-refractivity contribution in [2.24, 2.45) is 0 Å². The van der Waals surface area contributed by atoms with Gasteiger partial charge in [0.25, 0.3) is 0 Å². The molecule has 0 aromatic heterocycles. The molecule has 0 fully saturated rings. The Morgan fingerprint density at radius 1 is 1.50 bits per heavy atom. The highest BCUT2D eigenvalue weighted by Gasteiger charge is 1.96. The van der Waals surface area contributed by atoms with Crippen molar-refractivity contribution < 1.29 is 5.11 Å². The lowest BCUT2D eigenvalue weighted by molar-refractivity contribution is 0.210. The third kappa shape index (κ3) is 4.57. The summed E-state index contributed by atoms with van der Waals surface area (Å²) < 4.78 is 0. The van der Waals surface area contributed by atoms with Crippen molar-refractivity contribution in [1.29, 1.82) is 0 Å². The highest BCUT2D eigenvalue weighted by atomic mass is 16.3. The zero-order valence-corrected chi connectivity index (χ0v) is 7.22. The third-order valence-electron chi connectivity index (χ3n) is 1.62. The average Bonchev–Trinajstić information content (AvgIpc) is 1.88. The van der Waals surface area contributed by atoms with E-state index < -0.39 is 0 Å². The van der Waals surface area contributed by atoms with Crippen LogP contribution in [0.1, 0.15) is 40.0 Å². The van der Waals surface area contributed by atoms with Gasteiger partial charge in [-0.1, -0.05) is 31.9 Å². The standard InChI is InChI=1S/C9H18O/c1-4-6-9(10)7-8(3)5-2/h7,9-10H,4-6H2,1-3H3/b8-7-. The topological polar surface area (TPSA) is 20.2 Å². The van der Waals surface area contributed by atoms with Crippen LogP contribution in [0, 0.1) is 0 Å². The van der Waals surface area contributed by atoms with Crippen LogP contribution in [0.25, 0.3) is 0 Å². The number of aliphatic hydroxyl groups is 1. The number of aliphatic hydroxyl groups excluding tert-OH is 1. The Kier molecular flexibility index (Phi) is 5.32. The second kappa shape index (κ2) is 5.48. The first kappa shape index (κ1) is 9.70. The highest BCUT2D eigenvalue weighted by Crippen LogP contribution is 2.04. The van der Waals surface area contributed by atoms with Crippen molar-refractivity contribution in [2.75, 3.05) is 0 Å². The molecule has 0 amide bonds. The Hall–Kier alpha value is -0.300. The van der Waals surface area contributed by atoms with Crippen molar-refractivity contribution in [3.63, 3.8) is 0 Å². The van der Waals surface area contributed by atoms with Gasteiger partial charge in [0.2, 0.25) is 0 Å². The average molecular weight is 142 g/mol. The van der Waals surface area contributed by atoms with Crippen LogP contribution >= 0.6 is 0 Å². The number of hydrogen-bond acceptors (Lipinski definition) is 1. The molecule has 0 aliphatic heterocycles. The van der Waals surface area contributed by atoms with Crippen LogP contribution in [0.3, 0.4) is 0 Å². The van der Waals surface area contributed by atoms with E-state index in [0.29, 0.717) is 0 Å². The Labute approximate surface area is 63.8 Å². The first-order valence-corrected chi connectivity index (χ1v) is 4.06. The van der Waals surface area contributed by atoms with E-state index in [2.05, 4.69) is 20.8 Å². The molecule has 0 spiro atoms. The van der Waals surface area contributed by atoms with Gasteiger partial charge < -0.3 is 5.11 Å². The molecular weight excluding hydrogens is 124 g/mol. The van der Waals surface area contributed by atoms with Gasteiger partial charge in [0.15, 0.2) is 0 Å². The largest absolute Gasteiger partial charge is 0.389 e. The van der Waals surface area contributed by atoms with E-state index in [1.54, 1.807) is 0 Å². The van der Waals surface area contributed by atoms with Gasteiger partial charge in [-0.05, 0) is 19.8 Å². The van der Waals surface area contributed by atoms with Gasteiger partial charge >= 0.3 is 0 Å². The Balaban J connectivity index is 3.62. The molecule has 0 aliphatic carbocycles. The summed E-state index contributed by atoms with van der Waals surface area (Å²) in [4.78, 5) is 0. The van der Waals surface area contributed by atoms with E-state index in [1.807, 2.05) is 6.08 Å². The molecule has 0 aromatic carbocycles. The molecule has 0 radical (unpaired) electrons. The van der Waals surface area contributed by atoms with Crippen LogP contribution in [-0.2, 0) is 0 Å². The molecule has 1 atom stereocenters. The van der Waals surface area contributed by atoms with Crippen LogP contribution in [0.4, 0.5) is 0 Å². The summed E-state index contributed by atoms with van der Waals surface area (Å²) in [6.07, 6.45) is 4.71. The summed E-state index contributed by atoms with van der Waals surface area (Å²) in [6.45, 7) is 6.24. The molecule has 0 heterocycles. The van der Waals surface area contributed by atoms with Gasteiger partial charge in [-0.25, -0.2) is 0 Å². The first-order chi connectivity index (χ1) is 4.70. The van der Waals surface area contributed by atoms with Crippen molar-refractivity contribution in [1.82, 2.24) is 0 Å². The van der Waals surface area contributed by atoms with Crippen molar-refractivity contribution in [2.45, 2.75) is 46.1 Å². The number of hydrogen-bond donors (Lipinski definition) is 1. The van der Waals surface area contributed by atoms with E-state index in [0.717, 1.165) is 19.3 Å². The lowest BCUT2D eigenvalue weighted by Gasteiger charge is -2.03. The summed E-state index contributed by atoms with van der Waals surface area (Å²) in [6, 6.07) is 0. The Morgan fingerprint density at radius 3 is 2.50 bits per heavy atom. The monoisotopic (exact) mass is 142 g/mol. The van der Waals surface area contributed by atoms with Crippen LogP contribution in [-0.4, -0.2) is 11.2 Å². The van der Waals surface area contributed by atoms with Crippen molar-refractivity contribution in [3.05, 3.63) is 11.6 Å². The highest BCUT2D eigenvalue weighted by molar-refractivity contribution is 5.00. The fourth-order valence-corrected chi connectivity index (χ4v) is 0.825. The molecule has 60 valence electrons. The van der Waals surface area contributed by atoms with Crippen LogP contribution in [0.5, 0.6) is 0 Å². The zero-order chi connectivity index (χ0) is 7.98. The number of rotatable bonds is 4. The SMILES string of the molecule is CCCC(O)/C=C(/C)CC. The fourth-order valence-electron chi connectivity index (χ4n) is 0.825. The van der Waals surface area contributed by atoms with Gasteiger partial charge in [-0.15, -0.1) is 0 Å². The molecule has 0 aliphatic rings. The van der Waals surface area contributed by atoms with E-state index >= 15 is 0 Å². The summed E-state index contributed by atoms with van der Waals surface area (Å²) >= 11 is 0. The maximum Gasteiger partial charge on any atom is 0.0723 e. The molecule has 0 bridgehead atoms. The van der Waals surface area contributed by atoms with E-state index in [-0.39, 0.29) is 6.10 Å². The minimum absolute atomic E-state index is 0.218. The van der Waals surface area contributed by atoms with Crippen LogP contribution < -0.4 is 0 Å². The first-order valence-electron chi connectivity index (χ1n) is 4.06. The van der Waals surface area contributed by atoms with Gasteiger partial charge in [-0.3, -0.25) is 0 Å². The molecule has 1 nitrogen and oxygen atoms in total. The second-order valence-electron chi connectivity index (χ2n) is 2.72. The maximum atomic E-state index is 9.27. The quantitative estimate of drug-likeness (QED) is 0.598. The van der Waals surface area contributed by atoms with Gasteiger partial charge in [0.05, 0.1) is 6.10 Å². The number of allylic oxidation sites excluding steroid dienone is 1. The molecule has 10 heavy (non-hydrogen) atoms. The summed E-state index contributed by atoms with van der Waals surface area (Å²) in [5.74, 6) is 0. The second-order valence-corrected chi connectivity index (χ2v) is 2.72. The molecule has 0 rings (SSSR count). The molecule has 0 saturated heterocycles. The normalized spacial score (nSPS) is 15.4. The maximum absolute atomic E-state index is 9.27. The smallest absolute Gasteiger partial charge is 0.0723 e. The summed E-state index contributed by atoms with van der Waals surface area (Å²) in [7, 11) is 0. The minimum Gasteiger partial charge on any atom is -0.389 e. The Morgan fingerprint density at radius 2 is 2.10 bits per heavy atom. The predicted octanol–water partition coefficient (Wildman–Crippen LogP) is 2.50. The molecule has 1 N–H and O–H groups in total. The van der Waals surface area contributed by atoms with Crippen LogP contribution in [0.2, 0.25) is 0 Å². The van der Waals surface area contributed by atoms with Crippen LogP contribution in [0.15, 0.2) is 11.6 Å². The summed E-state index contributed by atoms with van der Waals surface area (Å²) in [5.41, 5.74) is 1.28. The lowest BCUT2D eigenvalue weighted by atomic mass is 10.1. The Bertz CT molecular complexity index is 105. The fraction of sp³-hybridized carbons (Fsp3) is 0.778. The zero-order valence-electron chi connectivity index (χ0n) is 7.22. The van der Waals surface area contributed by atoms with Gasteiger partial charge in [0, 0.05) is 0 Å². The summed E-state index contributed by atoms with van der Waals surface area (Å²) in [5, 5.41) is 9.27. The molecular formula is C9H18O. The van der Waals surface area contributed by atoms with Crippen molar-refractivity contribution >= 4 is 0 Å². The van der Waals surface area contributed by atoms with E-state index in [4.69, 9.17) is 0 Å².